The predicted molar refractivity (Wildman–Crippen MR) is 90.3 cm³/mol. The second kappa shape index (κ2) is 6.29. The molecule has 23 heavy (non-hydrogen) atoms. The van der Waals surface area contributed by atoms with E-state index in [-0.39, 0.29) is 0 Å². The first-order valence-electron chi connectivity index (χ1n) is 7.98. The molecule has 1 fully saturated rings. The SMILES string of the molecule is Cn1nccc1C1CCN(Cc2coc(-c3cccs3)n2)CC1. The van der Waals surface area contributed by atoms with Crippen molar-refractivity contribution < 1.29 is 4.42 Å². The van der Waals surface area contributed by atoms with Crippen molar-refractivity contribution in [2.45, 2.75) is 25.3 Å². The Morgan fingerprint density at radius 2 is 2.17 bits per heavy atom. The van der Waals surface area contributed by atoms with E-state index in [4.69, 9.17) is 4.42 Å². The number of oxazole rings is 1. The van der Waals surface area contributed by atoms with Gasteiger partial charge in [0, 0.05) is 31.4 Å². The number of likely N-dealkylation sites (tertiary alicyclic amines) is 1. The Labute approximate surface area is 139 Å². The lowest BCUT2D eigenvalue weighted by Gasteiger charge is -2.31. The summed E-state index contributed by atoms with van der Waals surface area (Å²) in [5.74, 6) is 1.36. The number of aromatic nitrogens is 3. The van der Waals surface area contributed by atoms with E-state index in [2.05, 4.69) is 21.0 Å². The second-order valence-electron chi connectivity index (χ2n) is 6.05. The summed E-state index contributed by atoms with van der Waals surface area (Å²) in [6.45, 7) is 3.06. The van der Waals surface area contributed by atoms with Gasteiger partial charge in [0.05, 0.1) is 10.6 Å². The van der Waals surface area contributed by atoms with E-state index in [1.165, 1.54) is 18.5 Å². The fraction of sp³-hybridized carbons (Fsp3) is 0.412. The van der Waals surface area contributed by atoms with Gasteiger partial charge >= 0.3 is 0 Å². The summed E-state index contributed by atoms with van der Waals surface area (Å²) in [4.78, 5) is 8.17. The van der Waals surface area contributed by atoms with Crippen LogP contribution < -0.4 is 0 Å². The topological polar surface area (TPSA) is 47.1 Å². The first-order valence-corrected chi connectivity index (χ1v) is 8.86. The molecule has 1 saturated heterocycles. The summed E-state index contributed by atoms with van der Waals surface area (Å²) in [7, 11) is 2.03. The fourth-order valence-corrected chi connectivity index (χ4v) is 3.95. The van der Waals surface area contributed by atoms with Crippen molar-refractivity contribution in [2.24, 2.45) is 7.05 Å². The summed E-state index contributed by atoms with van der Waals surface area (Å²) in [6, 6.07) is 6.21. The van der Waals surface area contributed by atoms with Crippen LogP contribution in [0.3, 0.4) is 0 Å². The molecule has 0 aliphatic carbocycles. The molecule has 0 atom stereocenters. The fourth-order valence-electron chi connectivity index (χ4n) is 3.29. The molecule has 3 aromatic heterocycles. The van der Waals surface area contributed by atoms with Gasteiger partial charge in [0.15, 0.2) is 0 Å². The van der Waals surface area contributed by atoms with Crippen LogP contribution in [0.4, 0.5) is 0 Å². The van der Waals surface area contributed by atoms with Gasteiger partial charge in [-0.05, 0) is 43.4 Å². The van der Waals surface area contributed by atoms with Gasteiger partial charge in [-0.15, -0.1) is 11.3 Å². The highest BCUT2D eigenvalue weighted by Gasteiger charge is 2.23. The van der Waals surface area contributed by atoms with E-state index in [0.717, 1.165) is 36.1 Å². The molecule has 1 aliphatic rings. The summed E-state index contributed by atoms with van der Waals surface area (Å²) < 4.78 is 7.61. The molecule has 0 radical (unpaired) electrons. The smallest absolute Gasteiger partial charge is 0.236 e. The molecule has 120 valence electrons. The van der Waals surface area contributed by atoms with Crippen LogP contribution in [-0.4, -0.2) is 32.8 Å². The minimum absolute atomic E-state index is 0.623. The number of rotatable bonds is 4. The minimum atomic E-state index is 0.623. The van der Waals surface area contributed by atoms with E-state index >= 15 is 0 Å². The normalized spacial score (nSPS) is 16.9. The lowest BCUT2D eigenvalue weighted by Crippen LogP contribution is -2.33. The third-order valence-electron chi connectivity index (χ3n) is 4.53. The van der Waals surface area contributed by atoms with Gasteiger partial charge in [-0.25, -0.2) is 4.98 Å². The van der Waals surface area contributed by atoms with E-state index < -0.39 is 0 Å². The third kappa shape index (κ3) is 3.09. The van der Waals surface area contributed by atoms with Crippen molar-refractivity contribution in [2.75, 3.05) is 13.1 Å². The van der Waals surface area contributed by atoms with Crippen LogP contribution in [0, 0.1) is 0 Å². The quantitative estimate of drug-likeness (QED) is 0.735. The van der Waals surface area contributed by atoms with Crippen LogP contribution in [0.15, 0.2) is 40.5 Å². The van der Waals surface area contributed by atoms with Gasteiger partial charge < -0.3 is 4.42 Å². The molecule has 5 nitrogen and oxygen atoms in total. The zero-order valence-corrected chi connectivity index (χ0v) is 14.0. The van der Waals surface area contributed by atoms with Gasteiger partial charge in [-0.3, -0.25) is 9.58 Å². The monoisotopic (exact) mass is 328 g/mol. The maximum absolute atomic E-state index is 5.61. The maximum atomic E-state index is 5.61. The van der Waals surface area contributed by atoms with Crippen LogP contribution >= 0.6 is 11.3 Å². The predicted octanol–water partition coefficient (Wildman–Crippen LogP) is 3.52. The molecular formula is C17H20N4OS. The first kappa shape index (κ1) is 14.7. The number of hydrogen-bond donors (Lipinski definition) is 0. The summed E-state index contributed by atoms with van der Waals surface area (Å²) >= 11 is 1.66. The summed E-state index contributed by atoms with van der Waals surface area (Å²) in [5, 5.41) is 6.33. The zero-order chi connectivity index (χ0) is 15.6. The average Bonchev–Trinajstić information content (AvgIpc) is 3.29. The van der Waals surface area contributed by atoms with E-state index in [1.807, 2.05) is 35.4 Å². The van der Waals surface area contributed by atoms with E-state index in [0.29, 0.717) is 5.92 Å². The van der Waals surface area contributed by atoms with Crippen molar-refractivity contribution >= 4 is 11.3 Å². The molecule has 0 N–H and O–H groups in total. The van der Waals surface area contributed by atoms with Crippen molar-refractivity contribution in [1.82, 2.24) is 19.7 Å². The number of nitrogens with zero attached hydrogens (tertiary/aromatic N) is 4. The Morgan fingerprint density at radius 1 is 1.30 bits per heavy atom. The largest absolute Gasteiger partial charge is 0.444 e. The minimum Gasteiger partial charge on any atom is -0.444 e. The Bertz CT molecular complexity index is 753. The Morgan fingerprint density at radius 3 is 2.87 bits per heavy atom. The summed E-state index contributed by atoms with van der Waals surface area (Å²) in [6.07, 6.45) is 6.04. The molecule has 1 aliphatic heterocycles. The van der Waals surface area contributed by atoms with Crippen LogP contribution in [0.1, 0.15) is 30.1 Å². The molecule has 0 saturated carbocycles. The highest BCUT2D eigenvalue weighted by molar-refractivity contribution is 7.13. The standard InChI is InChI=1S/C17H20N4OS/c1-20-15(4-7-18-20)13-5-8-21(9-6-13)11-14-12-22-17(19-14)16-3-2-10-23-16/h2-4,7,10,12-13H,5-6,8-9,11H2,1H3. The molecule has 4 heterocycles. The van der Waals surface area contributed by atoms with E-state index in [1.54, 1.807) is 17.6 Å². The van der Waals surface area contributed by atoms with Crippen LogP contribution in [0.2, 0.25) is 0 Å². The molecule has 0 unspecified atom stereocenters. The number of piperidine rings is 1. The van der Waals surface area contributed by atoms with Gasteiger partial charge in [-0.1, -0.05) is 6.07 Å². The van der Waals surface area contributed by atoms with Crippen LogP contribution in [-0.2, 0) is 13.6 Å². The molecule has 6 heteroatoms. The zero-order valence-electron chi connectivity index (χ0n) is 13.2. The van der Waals surface area contributed by atoms with Gasteiger partial charge in [-0.2, -0.15) is 5.10 Å². The maximum Gasteiger partial charge on any atom is 0.236 e. The Hall–Kier alpha value is -1.92. The van der Waals surface area contributed by atoms with Gasteiger partial charge in [0.2, 0.25) is 5.89 Å². The van der Waals surface area contributed by atoms with Crippen molar-refractivity contribution in [3.05, 3.63) is 47.4 Å². The van der Waals surface area contributed by atoms with Crippen LogP contribution in [0.25, 0.3) is 10.8 Å². The van der Waals surface area contributed by atoms with Crippen molar-refractivity contribution in [1.29, 1.82) is 0 Å². The number of aryl methyl sites for hydroxylation is 1. The first-order chi connectivity index (χ1) is 11.3. The molecule has 0 amide bonds. The van der Waals surface area contributed by atoms with E-state index in [9.17, 15) is 0 Å². The molecular weight excluding hydrogens is 308 g/mol. The lowest BCUT2D eigenvalue weighted by molar-refractivity contribution is 0.199. The molecule has 0 bridgehead atoms. The number of thiophene rings is 1. The van der Waals surface area contributed by atoms with Crippen molar-refractivity contribution in [3.8, 4) is 10.8 Å². The van der Waals surface area contributed by atoms with Crippen LogP contribution in [0.5, 0.6) is 0 Å². The lowest BCUT2D eigenvalue weighted by atomic mass is 9.93. The Balaban J connectivity index is 1.35. The molecule has 3 aromatic rings. The summed E-state index contributed by atoms with van der Waals surface area (Å²) in [5.41, 5.74) is 2.37. The second-order valence-corrected chi connectivity index (χ2v) is 7.00. The number of hydrogen-bond acceptors (Lipinski definition) is 5. The highest BCUT2D eigenvalue weighted by Crippen LogP contribution is 2.29. The third-order valence-corrected chi connectivity index (χ3v) is 5.39. The molecule has 0 aromatic carbocycles. The van der Waals surface area contributed by atoms with Gasteiger partial charge in [0.1, 0.15) is 6.26 Å². The molecule has 0 spiro atoms. The average molecular weight is 328 g/mol. The highest BCUT2D eigenvalue weighted by atomic mass is 32.1. The van der Waals surface area contributed by atoms with Gasteiger partial charge in [0.25, 0.3) is 0 Å². The van der Waals surface area contributed by atoms with Crippen molar-refractivity contribution in [3.63, 3.8) is 0 Å². The Kier molecular flexibility index (Phi) is 4.01. The molecule has 4 rings (SSSR count).